The fourth-order valence-electron chi connectivity index (χ4n) is 3.47. The van der Waals surface area contributed by atoms with Crippen molar-refractivity contribution >= 4 is 34.7 Å². The van der Waals surface area contributed by atoms with E-state index in [1.165, 1.54) is 19.2 Å². The van der Waals surface area contributed by atoms with Crippen LogP contribution in [0.5, 0.6) is 0 Å². The molecule has 0 fully saturated rings. The number of carbonyl (C=O) groups is 2. The van der Waals surface area contributed by atoms with Crippen molar-refractivity contribution in [1.82, 2.24) is 19.7 Å². The molecule has 7 nitrogen and oxygen atoms in total. The van der Waals surface area contributed by atoms with Crippen molar-refractivity contribution in [2.45, 2.75) is 19.9 Å². The third kappa shape index (κ3) is 5.20. The molecule has 0 aliphatic heterocycles. The lowest BCUT2D eigenvalue weighted by Gasteiger charge is -2.22. The lowest BCUT2D eigenvalue weighted by molar-refractivity contribution is -0.117. The van der Waals surface area contributed by atoms with Crippen LogP contribution >= 0.6 is 11.6 Å². The van der Waals surface area contributed by atoms with Crippen LogP contribution in [0.1, 0.15) is 22.8 Å². The maximum atomic E-state index is 12.8. The van der Waals surface area contributed by atoms with Crippen LogP contribution in [-0.2, 0) is 11.3 Å². The molecule has 4 aromatic rings. The molecule has 0 atom stereocenters. The number of alkyl halides is 2. The Morgan fingerprint density at radius 1 is 1.12 bits per heavy atom. The minimum absolute atomic E-state index is 0.145. The molecule has 0 bridgehead atoms. The number of benzene rings is 1. The Morgan fingerprint density at radius 3 is 2.62 bits per heavy atom. The summed E-state index contributed by atoms with van der Waals surface area (Å²) >= 11 is 6.28. The van der Waals surface area contributed by atoms with Gasteiger partial charge in [0.1, 0.15) is 5.65 Å². The number of hydrogen-bond donors (Lipinski definition) is 1. The van der Waals surface area contributed by atoms with E-state index in [2.05, 4.69) is 15.3 Å². The zero-order valence-corrected chi connectivity index (χ0v) is 18.8. The Balaban J connectivity index is 1.44. The number of fused-ring (bicyclic) bond motifs is 1. The van der Waals surface area contributed by atoms with Gasteiger partial charge in [-0.25, -0.2) is 13.8 Å². The molecule has 0 spiro atoms. The van der Waals surface area contributed by atoms with Gasteiger partial charge in [0.05, 0.1) is 28.5 Å². The Labute approximate surface area is 199 Å². The van der Waals surface area contributed by atoms with Crippen LogP contribution in [0.4, 0.5) is 14.5 Å². The van der Waals surface area contributed by atoms with E-state index in [1.54, 1.807) is 30.5 Å². The first kappa shape index (κ1) is 23.3. The second-order valence-corrected chi connectivity index (χ2v) is 7.94. The summed E-state index contributed by atoms with van der Waals surface area (Å²) in [6.45, 7) is 0.798. The number of hydrogen-bond acceptors (Lipinski definition) is 4. The number of amides is 2. The third-order valence-corrected chi connectivity index (χ3v) is 5.48. The first-order valence-corrected chi connectivity index (χ1v) is 10.7. The fraction of sp³-hybridized carbons (Fsp3) is 0.167. The molecule has 0 aliphatic carbocycles. The maximum Gasteiger partial charge on any atom is 0.256 e. The van der Waals surface area contributed by atoms with Crippen LogP contribution in [0, 0.1) is 0 Å². The smallest absolute Gasteiger partial charge is 0.256 e. The molecule has 3 aromatic heterocycles. The summed E-state index contributed by atoms with van der Waals surface area (Å²) in [6.07, 6.45) is 4.18. The van der Waals surface area contributed by atoms with Crippen molar-refractivity contribution in [3.05, 3.63) is 83.4 Å². The molecule has 1 N–H and O–H groups in total. The summed E-state index contributed by atoms with van der Waals surface area (Å²) in [4.78, 5) is 33.8. The molecule has 34 heavy (non-hydrogen) atoms. The molecule has 2 amide bonds. The Kier molecular flexibility index (Phi) is 6.83. The molecular weight excluding hydrogens is 464 g/mol. The van der Waals surface area contributed by atoms with Crippen molar-refractivity contribution in [3.8, 4) is 11.3 Å². The highest BCUT2D eigenvalue weighted by Gasteiger charge is 2.20. The zero-order chi connectivity index (χ0) is 24.2. The summed E-state index contributed by atoms with van der Waals surface area (Å²) in [6, 6.07) is 11.8. The van der Waals surface area contributed by atoms with E-state index in [0.717, 1.165) is 16.1 Å². The second-order valence-electron chi connectivity index (χ2n) is 7.53. The average molecular weight is 484 g/mol. The molecule has 0 saturated carbocycles. The van der Waals surface area contributed by atoms with E-state index in [9.17, 15) is 18.4 Å². The van der Waals surface area contributed by atoms with Crippen molar-refractivity contribution in [3.63, 3.8) is 0 Å². The molecule has 0 radical (unpaired) electrons. The quantitative estimate of drug-likeness (QED) is 0.416. The predicted octanol–water partition coefficient (Wildman–Crippen LogP) is 4.60. The summed E-state index contributed by atoms with van der Waals surface area (Å²) < 4.78 is 27.5. The molecule has 174 valence electrons. The van der Waals surface area contributed by atoms with Gasteiger partial charge in [-0.3, -0.25) is 14.6 Å². The van der Waals surface area contributed by atoms with E-state index in [1.807, 2.05) is 28.9 Å². The van der Waals surface area contributed by atoms with Crippen molar-refractivity contribution < 1.29 is 18.4 Å². The lowest BCUT2D eigenvalue weighted by Crippen LogP contribution is -2.33. The third-order valence-electron chi connectivity index (χ3n) is 5.18. The molecule has 10 heteroatoms. The second kappa shape index (κ2) is 9.96. The molecule has 1 aromatic carbocycles. The van der Waals surface area contributed by atoms with Crippen LogP contribution in [0.3, 0.4) is 0 Å². The number of halogens is 3. The van der Waals surface area contributed by atoms with Gasteiger partial charge in [-0.1, -0.05) is 17.7 Å². The number of anilines is 1. The van der Waals surface area contributed by atoms with Gasteiger partial charge in [-0.15, -0.1) is 0 Å². The number of nitrogens with zero attached hydrogens (tertiary/aromatic N) is 4. The lowest BCUT2D eigenvalue weighted by atomic mass is 10.1. The number of pyridine rings is 2. The van der Waals surface area contributed by atoms with Gasteiger partial charge < -0.3 is 14.6 Å². The van der Waals surface area contributed by atoms with E-state index < -0.39 is 18.9 Å². The van der Waals surface area contributed by atoms with Gasteiger partial charge in [0.2, 0.25) is 5.91 Å². The van der Waals surface area contributed by atoms with Gasteiger partial charge in [-0.05, 0) is 42.0 Å². The van der Waals surface area contributed by atoms with Gasteiger partial charge >= 0.3 is 0 Å². The van der Waals surface area contributed by atoms with Crippen LogP contribution in [0.25, 0.3) is 16.9 Å². The number of nitrogens with one attached hydrogen (secondary N) is 1. The van der Waals surface area contributed by atoms with Crippen LogP contribution in [-0.4, -0.2) is 39.2 Å². The molecule has 0 aliphatic rings. The summed E-state index contributed by atoms with van der Waals surface area (Å²) in [5.74, 6) is -0.812. The summed E-state index contributed by atoms with van der Waals surface area (Å²) in [5, 5.41) is 3.00. The monoisotopic (exact) mass is 483 g/mol. The minimum Gasteiger partial charge on any atom is -0.348 e. The Morgan fingerprint density at radius 2 is 1.94 bits per heavy atom. The van der Waals surface area contributed by atoms with Gasteiger partial charge in [0.15, 0.2) is 0 Å². The molecule has 4 rings (SSSR count). The summed E-state index contributed by atoms with van der Waals surface area (Å²) in [5.41, 5.74) is 3.45. The first-order valence-electron chi connectivity index (χ1n) is 10.3. The average Bonchev–Trinajstić information content (AvgIpc) is 3.29. The highest BCUT2D eigenvalue weighted by molar-refractivity contribution is 6.34. The van der Waals surface area contributed by atoms with Crippen LogP contribution in [0.15, 0.2) is 67.3 Å². The molecule has 0 saturated heterocycles. The number of carbonyl (C=O) groups excluding carboxylic acids is 2. The minimum atomic E-state index is -2.69. The molecule has 3 heterocycles. The SMILES string of the molecule is CC(=O)N(CC(F)F)c1ccc(-c2ccc(C(=O)NCc3ccn4ccnc4c3)cn2)cc1Cl. The van der Waals surface area contributed by atoms with Crippen molar-refractivity contribution in [2.75, 3.05) is 11.4 Å². The van der Waals surface area contributed by atoms with Crippen molar-refractivity contribution in [1.29, 1.82) is 0 Å². The number of rotatable bonds is 7. The highest BCUT2D eigenvalue weighted by Crippen LogP contribution is 2.31. The fourth-order valence-corrected chi connectivity index (χ4v) is 3.75. The summed E-state index contributed by atoms with van der Waals surface area (Å²) in [7, 11) is 0. The Hall–Kier alpha value is -3.85. The van der Waals surface area contributed by atoms with E-state index in [-0.39, 0.29) is 16.6 Å². The van der Waals surface area contributed by atoms with Gasteiger partial charge in [0.25, 0.3) is 12.3 Å². The van der Waals surface area contributed by atoms with Gasteiger partial charge in [0, 0.05) is 43.8 Å². The Bertz CT molecular complexity index is 1340. The van der Waals surface area contributed by atoms with E-state index in [4.69, 9.17) is 11.6 Å². The highest BCUT2D eigenvalue weighted by atomic mass is 35.5. The normalized spacial score (nSPS) is 11.1. The van der Waals surface area contributed by atoms with Crippen LogP contribution in [0.2, 0.25) is 5.02 Å². The molecular formula is C24H20ClF2N5O2. The van der Waals surface area contributed by atoms with Crippen molar-refractivity contribution in [2.24, 2.45) is 0 Å². The number of imidazole rings is 1. The van der Waals surface area contributed by atoms with Crippen LogP contribution < -0.4 is 10.2 Å². The topological polar surface area (TPSA) is 79.6 Å². The van der Waals surface area contributed by atoms with Gasteiger partial charge in [-0.2, -0.15) is 0 Å². The standard InChI is InChI=1S/C24H20ClF2N5O2/c1-15(33)32(14-22(26)27)21-5-3-17(11-19(21)25)20-4-2-18(13-29-20)24(34)30-12-16-6-8-31-9-7-28-23(31)10-16/h2-11,13,22H,12,14H2,1H3,(H,30,34). The largest absolute Gasteiger partial charge is 0.348 e. The van der Waals surface area contributed by atoms with E-state index >= 15 is 0 Å². The molecule has 0 unspecified atom stereocenters. The predicted molar refractivity (Wildman–Crippen MR) is 125 cm³/mol. The maximum absolute atomic E-state index is 12.8. The van der Waals surface area contributed by atoms with E-state index in [0.29, 0.717) is 23.4 Å². The zero-order valence-electron chi connectivity index (χ0n) is 18.1. The number of aromatic nitrogens is 3. The first-order chi connectivity index (χ1) is 16.3.